The summed E-state index contributed by atoms with van der Waals surface area (Å²) in [6.45, 7) is 6.31. The first-order valence-electron chi connectivity index (χ1n) is 10.5. The number of amides is 1. The molecular formula is C22H26N2O10. The van der Waals surface area contributed by atoms with Gasteiger partial charge in [0.1, 0.15) is 24.3 Å². The van der Waals surface area contributed by atoms with Gasteiger partial charge in [0.25, 0.3) is 0 Å². The highest BCUT2D eigenvalue weighted by Gasteiger charge is 2.52. The predicted octanol–water partition coefficient (Wildman–Crippen LogP) is 1.17. The topological polar surface area (TPSA) is 152 Å². The van der Waals surface area contributed by atoms with Gasteiger partial charge in [-0.25, -0.2) is 0 Å². The lowest BCUT2D eigenvalue weighted by Gasteiger charge is -2.44. The van der Waals surface area contributed by atoms with Crippen molar-refractivity contribution < 1.29 is 47.3 Å². The first kappa shape index (κ1) is 25.0. The Morgan fingerprint density at radius 3 is 2.29 bits per heavy atom. The number of aromatic nitrogens is 1. The maximum Gasteiger partial charge on any atom is 0.397 e. The molecule has 1 saturated heterocycles. The van der Waals surface area contributed by atoms with Gasteiger partial charge in [0.05, 0.1) is 0 Å². The fourth-order valence-electron chi connectivity index (χ4n) is 3.56. The third-order valence-corrected chi connectivity index (χ3v) is 4.81. The Kier molecular flexibility index (Phi) is 7.72. The fourth-order valence-corrected chi connectivity index (χ4v) is 3.56. The molecule has 2 heterocycles. The molecule has 184 valence electrons. The van der Waals surface area contributed by atoms with E-state index >= 15 is 0 Å². The van der Waals surface area contributed by atoms with Crippen molar-refractivity contribution in [2.45, 2.75) is 65.3 Å². The Bertz CT molecular complexity index is 1080. The summed E-state index contributed by atoms with van der Waals surface area (Å²) in [7, 11) is 0. The lowest BCUT2D eigenvalue weighted by atomic mass is 9.96. The van der Waals surface area contributed by atoms with E-state index in [0.29, 0.717) is 11.1 Å². The summed E-state index contributed by atoms with van der Waals surface area (Å²) in [6.07, 6.45) is -5.03. The highest BCUT2D eigenvalue weighted by atomic mass is 16.7. The third kappa shape index (κ3) is 6.22. The van der Waals surface area contributed by atoms with Gasteiger partial charge in [-0.1, -0.05) is 6.07 Å². The Labute approximate surface area is 194 Å². The van der Waals surface area contributed by atoms with Gasteiger partial charge in [0, 0.05) is 27.7 Å². The van der Waals surface area contributed by atoms with Gasteiger partial charge in [-0.2, -0.15) is 4.98 Å². The average molecular weight is 478 g/mol. The fraction of sp³-hybridized carbons (Fsp3) is 0.500. The van der Waals surface area contributed by atoms with E-state index in [1.165, 1.54) is 13.8 Å². The standard InChI is InChI=1S/C22H26N2O10/c1-10-6-7-16-15(8-10)24-22(33-16)34-21-18(23-11(2)25)20(31-14(5)28)19(30-13(4)27)17(32-21)9-29-12(3)26/h6-8,17-21H,9H2,1-5H3,(H,23,25)/t17-,18-,19+,20+,21-/m0/s1. The van der Waals surface area contributed by atoms with Gasteiger partial charge >= 0.3 is 24.0 Å². The second kappa shape index (κ2) is 10.5. The van der Waals surface area contributed by atoms with E-state index in [1.807, 2.05) is 13.0 Å². The van der Waals surface area contributed by atoms with Crippen molar-refractivity contribution in [1.82, 2.24) is 10.3 Å². The number of nitrogens with zero attached hydrogens (tertiary/aromatic N) is 1. The van der Waals surface area contributed by atoms with Crippen LogP contribution in [0.5, 0.6) is 6.08 Å². The molecule has 3 rings (SSSR count). The molecule has 0 spiro atoms. The first-order chi connectivity index (χ1) is 16.0. The van der Waals surface area contributed by atoms with Crippen LogP contribution in [0.25, 0.3) is 11.1 Å². The smallest absolute Gasteiger partial charge is 0.397 e. The number of carbonyl (C=O) groups excluding carboxylic acids is 4. The lowest BCUT2D eigenvalue weighted by Crippen LogP contribution is -2.67. The normalized spacial score (nSPS) is 24.2. The van der Waals surface area contributed by atoms with Crippen LogP contribution < -0.4 is 10.1 Å². The second-order valence-electron chi connectivity index (χ2n) is 7.79. The molecule has 34 heavy (non-hydrogen) atoms. The van der Waals surface area contributed by atoms with Crippen LogP contribution >= 0.6 is 0 Å². The van der Waals surface area contributed by atoms with Gasteiger partial charge in [0.15, 0.2) is 17.8 Å². The number of oxazole rings is 1. The molecule has 1 amide bonds. The zero-order valence-corrected chi connectivity index (χ0v) is 19.4. The van der Waals surface area contributed by atoms with Crippen LogP contribution in [0, 0.1) is 6.92 Å². The van der Waals surface area contributed by atoms with Crippen molar-refractivity contribution in [1.29, 1.82) is 0 Å². The molecule has 2 aromatic rings. The SMILES string of the molecule is CC(=O)N[C@@H]1[C@H](Oc2nc3cc(C)ccc3o2)O[C@@H](COC(C)=O)[C@@H](OC(C)=O)[C@@H]1OC(C)=O. The maximum atomic E-state index is 12.0. The monoisotopic (exact) mass is 478 g/mol. The zero-order chi connectivity index (χ0) is 25.0. The number of nitrogens with one attached hydrogen (secondary N) is 1. The Morgan fingerprint density at radius 2 is 1.68 bits per heavy atom. The summed E-state index contributed by atoms with van der Waals surface area (Å²) >= 11 is 0. The molecule has 12 heteroatoms. The lowest BCUT2D eigenvalue weighted by molar-refractivity contribution is -0.259. The second-order valence-corrected chi connectivity index (χ2v) is 7.79. The summed E-state index contributed by atoms with van der Waals surface area (Å²) < 4.78 is 33.1. The minimum atomic E-state index is -1.31. The Hall–Kier alpha value is -3.67. The van der Waals surface area contributed by atoms with Crippen LogP contribution in [0.15, 0.2) is 22.6 Å². The largest absolute Gasteiger partial charge is 0.463 e. The molecule has 1 N–H and O–H groups in total. The molecule has 5 atom stereocenters. The summed E-state index contributed by atoms with van der Waals surface area (Å²) in [5, 5.41) is 2.60. The van der Waals surface area contributed by atoms with E-state index < -0.39 is 54.5 Å². The molecule has 1 fully saturated rings. The summed E-state index contributed by atoms with van der Waals surface area (Å²) in [6, 6.07) is 4.22. The van der Waals surface area contributed by atoms with Gasteiger partial charge in [0.2, 0.25) is 12.2 Å². The number of fused-ring (bicyclic) bond motifs is 1. The van der Waals surface area contributed by atoms with E-state index in [0.717, 1.165) is 19.4 Å². The van der Waals surface area contributed by atoms with Crippen molar-refractivity contribution in [3.8, 4) is 6.08 Å². The van der Waals surface area contributed by atoms with Crippen molar-refractivity contribution in [2.75, 3.05) is 6.61 Å². The molecule has 1 aliphatic rings. The van der Waals surface area contributed by atoms with Crippen LogP contribution in [0.2, 0.25) is 0 Å². The number of aryl methyl sites for hydroxylation is 1. The van der Waals surface area contributed by atoms with Crippen molar-refractivity contribution >= 4 is 34.9 Å². The van der Waals surface area contributed by atoms with E-state index in [9.17, 15) is 19.2 Å². The minimum absolute atomic E-state index is 0.167. The number of benzene rings is 1. The van der Waals surface area contributed by atoms with Crippen molar-refractivity contribution in [3.63, 3.8) is 0 Å². The minimum Gasteiger partial charge on any atom is -0.463 e. The molecule has 1 aromatic carbocycles. The molecule has 12 nitrogen and oxygen atoms in total. The first-order valence-corrected chi connectivity index (χ1v) is 10.5. The molecule has 0 radical (unpaired) electrons. The number of hydrogen-bond acceptors (Lipinski definition) is 11. The predicted molar refractivity (Wildman–Crippen MR) is 113 cm³/mol. The Balaban J connectivity index is 1.98. The third-order valence-electron chi connectivity index (χ3n) is 4.81. The zero-order valence-electron chi connectivity index (χ0n) is 19.4. The summed E-state index contributed by atoms with van der Waals surface area (Å²) in [4.78, 5) is 51.3. The highest BCUT2D eigenvalue weighted by Crippen LogP contribution is 2.30. The van der Waals surface area contributed by atoms with Crippen LogP contribution in [0.4, 0.5) is 0 Å². The molecular weight excluding hydrogens is 452 g/mol. The van der Waals surface area contributed by atoms with Crippen LogP contribution in [0.3, 0.4) is 0 Å². The number of ether oxygens (including phenoxy) is 5. The van der Waals surface area contributed by atoms with Gasteiger partial charge < -0.3 is 33.4 Å². The van der Waals surface area contributed by atoms with Gasteiger partial charge in [-0.3, -0.25) is 19.2 Å². The van der Waals surface area contributed by atoms with E-state index in [2.05, 4.69) is 10.3 Å². The number of hydrogen-bond donors (Lipinski definition) is 1. The Morgan fingerprint density at radius 1 is 1.00 bits per heavy atom. The average Bonchev–Trinajstić information content (AvgIpc) is 3.11. The van der Waals surface area contributed by atoms with E-state index in [4.69, 9.17) is 28.1 Å². The molecule has 1 aromatic heterocycles. The quantitative estimate of drug-likeness (QED) is 0.451. The van der Waals surface area contributed by atoms with Crippen molar-refractivity contribution in [3.05, 3.63) is 23.8 Å². The number of rotatable bonds is 7. The van der Waals surface area contributed by atoms with E-state index in [1.54, 1.807) is 12.1 Å². The van der Waals surface area contributed by atoms with Crippen molar-refractivity contribution in [2.24, 2.45) is 0 Å². The van der Waals surface area contributed by atoms with Gasteiger partial charge in [-0.05, 0) is 24.6 Å². The van der Waals surface area contributed by atoms with Crippen LogP contribution in [-0.2, 0) is 38.1 Å². The molecule has 0 bridgehead atoms. The van der Waals surface area contributed by atoms with E-state index in [-0.39, 0.29) is 12.7 Å². The van der Waals surface area contributed by atoms with Crippen LogP contribution in [0.1, 0.15) is 33.3 Å². The molecule has 0 unspecified atom stereocenters. The summed E-state index contributed by atoms with van der Waals surface area (Å²) in [5.41, 5.74) is 1.95. The summed E-state index contributed by atoms with van der Waals surface area (Å²) in [5.74, 6) is -2.51. The highest BCUT2D eigenvalue weighted by molar-refractivity contribution is 5.74. The number of carbonyl (C=O) groups is 4. The maximum absolute atomic E-state index is 12.0. The molecule has 0 saturated carbocycles. The number of esters is 3. The van der Waals surface area contributed by atoms with Gasteiger partial charge in [-0.15, -0.1) is 0 Å². The molecule has 0 aliphatic carbocycles. The van der Waals surface area contributed by atoms with Crippen LogP contribution in [-0.4, -0.2) is 66.0 Å². The molecule has 1 aliphatic heterocycles.